The van der Waals surface area contributed by atoms with E-state index in [0.29, 0.717) is 6.54 Å². The number of carbonyl (C=O) groups is 1. The van der Waals surface area contributed by atoms with Crippen LogP contribution in [-0.4, -0.2) is 40.5 Å². The summed E-state index contributed by atoms with van der Waals surface area (Å²) in [7, 11) is 0. The Balaban J connectivity index is 1.56. The number of nitrogens with zero attached hydrogens (tertiary/aromatic N) is 3. The lowest BCUT2D eigenvalue weighted by atomic mass is 10.0. The average Bonchev–Trinajstić information content (AvgIpc) is 2.62. The molecular formula is C9H15N5O. The zero-order valence-corrected chi connectivity index (χ0v) is 8.52. The summed E-state index contributed by atoms with van der Waals surface area (Å²) in [5.41, 5.74) is 0. The van der Waals surface area contributed by atoms with E-state index >= 15 is 0 Å². The standard InChI is InChI=1S/C9H15N5O/c15-9(8-6-10-7-8)11-2-1-4-14-5-3-12-13-14/h3,5,8,10H,1-2,4,6-7H2,(H,11,15). The van der Waals surface area contributed by atoms with Crippen LogP contribution in [0.25, 0.3) is 0 Å². The number of aryl methyl sites for hydroxylation is 1. The third-order valence-electron chi connectivity index (χ3n) is 2.49. The van der Waals surface area contributed by atoms with Gasteiger partial charge in [0.2, 0.25) is 5.91 Å². The molecule has 2 rings (SSSR count). The van der Waals surface area contributed by atoms with Crippen molar-refractivity contribution in [3.8, 4) is 0 Å². The molecule has 0 atom stereocenters. The Labute approximate surface area is 88.0 Å². The van der Waals surface area contributed by atoms with Gasteiger partial charge in [-0.05, 0) is 6.42 Å². The van der Waals surface area contributed by atoms with Gasteiger partial charge in [0.05, 0.1) is 12.1 Å². The van der Waals surface area contributed by atoms with Gasteiger partial charge in [0, 0.05) is 32.4 Å². The average molecular weight is 209 g/mol. The van der Waals surface area contributed by atoms with Crippen molar-refractivity contribution in [1.29, 1.82) is 0 Å². The van der Waals surface area contributed by atoms with Crippen LogP contribution < -0.4 is 10.6 Å². The fourth-order valence-electron chi connectivity index (χ4n) is 1.42. The number of nitrogens with one attached hydrogen (secondary N) is 2. The minimum atomic E-state index is 0.160. The Morgan fingerprint density at radius 3 is 3.07 bits per heavy atom. The fourth-order valence-corrected chi connectivity index (χ4v) is 1.42. The molecule has 0 bridgehead atoms. The maximum Gasteiger partial charge on any atom is 0.225 e. The predicted molar refractivity (Wildman–Crippen MR) is 54.0 cm³/mol. The van der Waals surface area contributed by atoms with Gasteiger partial charge in [0.25, 0.3) is 0 Å². The maximum atomic E-state index is 11.4. The van der Waals surface area contributed by atoms with Gasteiger partial charge < -0.3 is 10.6 Å². The summed E-state index contributed by atoms with van der Waals surface area (Å²) in [6.45, 7) is 3.13. The molecule has 0 spiro atoms. The normalized spacial score (nSPS) is 16.0. The Morgan fingerprint density at radius 2 is 2.47 bits per heavy atom. The maximum absolute atomic E-state index is 11.4. The molecule has 1 aromatic heterocycles. The van der Waals surface area contributed by atoms with Crippen molar-refractivity contribution in [3.05, 3.63) is 12.4 Å². The van der Waals surface area contributed by atoms with Crippen LogP contribution in [0.15, 0.2) is 12.4 Å². The summed E-state index contributed by atoms with van der Waals surface area (Å²) in [6, 6.07) is 0. The van der Waals surface area contributed by atoms with E-state index in [0.717, 1.165) is 26.1 Å². The molecule has 1 amide bonds. The lowest BCUT2D eigenvalue weighted by molar-refractivity contribution is -0.126. The zero-order valence-electron chi connectivity index (χ0n) is 8.52. The van der Waals surface area contributed by atoms with Crippen molar-refractivity contribution >= 4 is 5.91 Å². The molecule has 82 valence electrons. The number of aromatic nitrogens is 3. The largest absolute Gasteiger partial charge is 0.356 e. The van der Waals surface area contributed by atoms with Gasteiger partial charge in [-0.3, -0.25) is 9.48 Å². The molecule has 1 saturated heterocycles. The second kappa shape index (κ2) is 4.88. The molecule has 1 aliphatic rings. The number of hydrogen-bond donors (Lipinski definition) is 2. The second-order valence-electron chi connectivity index (χ2n) is 3.67. The summed E-state index contributed by atoms with van der Waals surface area (Å²) in [6.07, 6.45) is 4.35. The van der Waals surface area contributed by atoms with Gasteiger partial charge in [-0.2, -0.15) is 0 Å². The molecule has 0 aromatic carbocycles. The van der Waals surface area contributed by atoms with Crippen molar-refractivity contribution < 1.29 is 4.79 Å². The molecule has 1 aromatic rings. The van der Waals surface area contributed by atoms with Crippen LogP contribution in [0.3, 0.4) is 0 Å². The smallest absolute Gasteiger partial charge is 0.225 e. The Hall–Kier alpha value is -1.43. The fraction of sp³-hybridized carbons (Fsp3) is 0.667. The van der Waals surface area contributed by atoms with Crippen molar-refractivity contribution in [2.75, 3.05) is 19.6 Å². The number of carbonyl (C=O) groups excluding carboxylic acids is 1. The van der Waals surface area contributed by atoms with Gasteiger partial charge in [0.15, 0.2) is 0 Å². The molecule has 0 aliphatic carbocycles. The molecule has 6 heteroatoms. The summed E-state index contributed by atoms with van der Waals surface area (Å²) in [5, 5.41) is 13.5. The van der Waals surface area contributed by atoms with Gasteiger partial charge in [-0.25, -0.2) is 0 Å². The van der Waals surface area contributed by atoms with Crippen LogP contribution in [0.5, 0.6) is 0 Å². The second-order valence-corrected chi connectivity index (χ2v) is 3.67. The van der Waals surface area contributed by atoms with E-state index in [1.54, 1.807) is 10.9 Å². The first-order chi connectivity index (χ1) is 7.36. The third-order valence-corrected chi connectivity index (χ3v) is 2.49. The number of amides is 1. The molecule has 1 aliphatic heterocycles. The Morgan fingerprint density at radius 1 is 1.60 bits per heavy atom. The highest BCUT2D eigenvalue weighted by atomic mass is 16.2. The lowest BCUT2D eigenvalue weighted by Gasteiger charge is -2.25. The predicted octanol–water partition coefficient (Wildman–Crippen LogP) is -0.996. The van der Waals surface area contributed by atoms with E-state index in [4.69, 9.17) is 0 Å². The van der Waals surface area contributed by atoms with Gasteiger partial charge in [0.1, 0.15) is 0 Å². The van der Waals surface area contributed by atoms with Crippen molar-refractivity contribution in [2.24, 2.45) is 5.92 Å². The minimum Gasteiger partial charge on any atom is -0.356 e. The van der Waals surface area contributed by atoms with Crippen LogP contribution >= 0.6 is 0 Å². The number of rotatable bonds is 5. The van der Waals surface area contributed by atoms with Crippen molar-refractivity contribution in [1.82, 2.24) is 25.6 Å². The van der Waals surface area contributed by atoms with Crippen molar-refractivity contribution in [3.63, 3.8) is 0 Å². The summed E-state index contributed by atoms with van der Waals surface area (Å²) in [4.78, 5) is 11.4. The van der Waals surface area contributed by atoms with Gasteiger partial charge in [-0.1, -0.05) is 5.21 Å². The van der Waals surface area contributed by atoms with E-state index in [1.165, 1.54) is 0 Å². The highest BCUT2D eigenvalue weighted by Crippen LogP contribution is 2.01. The first-order valence-electron chi connectivity index (χ1n) is 5.19. The van der Waals surface area contributed by atoms with E-state index in [9.17, 15) is 4.79 Å². The van der Waals surface area contributed by atoms with Gasteiger partial charge >= 0.3 is 0 Å². The van der Waals surface area contributed by atoms with E-state index in [1.807, 2.05) is 6.20 Å². The molecule has 6 nitrogen and oxygen atoms in total. The van der Waals surface area contributed by atoms with Crippen molar-refractivity contribution in [2.45, 2.75) is 13.0 Å². The molecule has 0 unspecified atom stereocenters. The monoisotopic (exact) mass is 209 g/mol. The number of hydrogen-bond acceptors (Lipinski definition) is 4. The van der Waals surface area contributed by atoms with E-state index in [-0.39, 0.29) is 11.8 Å². The molecule has 1 fully saturated rings. The summed E-state index contributed by atoms with van der Waals surface area (Å²) >= 11 is 0. The molecule has 2 heterocycles. The van der Waals surface area contributed by atoms with Gasteiger partial charge in [-0.15, -0.1) is 5.10 Å². The molecular weight excluding hydrogens is 194 g/mol. The first kappa shape index (κ1) is 10.1. The first-order valence-corrected chi connectivity index (χ1v) is 5.19. The van der Waals surface area contributed by atoms with E-state index in [2.05, 4.69) is 20.9 Å². The lowest BCUT2D eigenvalue weighted by Crippen LogP contribution is -2.50. The quantitative estimate of drug-likeness (QED) is 0.610. The Kier molecular flexibility index (Phi) is 3.29. The summed E-state index contributed by atoms with van der Waals surface area (Å²) < 4.78 is 1.76. The molecule has 15 heavy (non-hydrogen) atoms. The minimum absolute atomic E-state index is 0.160. The molecule has 0 radical (unpaired) electrons. The summed E-state index contributed by atoms with van der Waals surface area (Å²) in [5.74, 6) is 0.337. The third kappa shape index (κ3) is 2.76. The highest BCUT2D eigenvalue weighted by molar-refractivity contribution is 5.79. The van der Waals surface area contributed by atoms with Crippen LogP contribution in [0.2, 0.25) is 0 Å². The molecule has 2 N–H and O–H groups in total. The van der Waals surface area contributed by atoms with Crippen LogP contribution in [0.1, 0.15) is 6.42 Å². The van der Waals surface area contributed by atoms with E-state index < -0.39 is 0 Å². The highest BCUT2D eigenvalue weighted by Gasteiger charge is 2.23. The zero-order chi connectivity index (χ0) is 10.5. The topological polar surface area (TPSA) is 71.8 Å². The van der Waals surface area contributed by atoms with Crippen LogP contribution in [-0.2, 0) is 11.3 Å². The SMILES string of the molecule is O=C(NCCCn1ccnn1)C1CNC1. The molecule has 0 saturated carbocycles. The Bertz CT molecular complexity index is 306. The van der Waals surface area contributed by atoms with Crippen LogP contribution in [0, 0.1) is 5.92 Å². The van der Waals surface area contributed by atoms with Crippen LogP contribution in [0.4, 0.5) is 0 Å².